The van der Waals surface area contributed by atoms with E-state index in [1.165, 1.54) is 0 Å². The van der Waals surface area contributed by atoms with Gasteiger partial charge < -0.3 is 9.30 Å². The molecule has 16 heavy (non-hydrogen) atoms. The summed E-state index contributed by atoms with van der Waals surface area (Å²) in [4.78, 5) is 0. The van der Waals surface area contributed by atoms with Crippen LogP contribution < -0.4 is 0 Å². The average molecular weight is 232 g/mol. The Morgan fingerprint density at radius 2 is 2.19 bits per heavy atom. The smallest absolute Gasteiger partial charge is 0.372 e. The van der Waals surface area contributed by atoms with Gasteiger partial charge in [0.1, 0.15) is 18.4 Å². The van der Waals surface area contributed by atoms with Crippen LogP contribution in [0, 0.1) is 11.3 Å². The number of halogens is 3. The van der Waals surface area contributed by atoms with Gasteiger partial charge in [0.25, 0.3) is 0 Å². The highest BCUT2D eigenvalue weighted by Gasteiger charge is 2.27. The Morgan fingerprint density at radius 3 is 2.81 bits per heavy atom. The zero-order valence-electron chi connectivity index (χ0n) is 8.50. The SMILES string of the molecule is N#Cc1cccn1CCCOCC(F)(F)F. The second-order valence-electron chi connectivity index (χ2n) is 3.22. The summed E-state index contributed by atoms with van der Waals surface area (Å²) >= 11 is 0. The normalized spacial score (nSPS) is 11.4. The summed E-state index contributed by atoms with van der Waals surface area (Å²) < 4.78 is 41.2. The molecule has 1 rings (SSSR count). The zero-order chi connectivity index (χ0) is 12.0. The molecule has 1 heterocycles. The van der Waals surface area contributed by atoms with Crippen LogP contribution in [0.15, 0.2) is 18.3 Å². The monoisotopic (exact) mass is 232 g/mol. The Bertz CT molecular complexity index is 365. The van der Waals surface area contributed by atoms with Gasteiger partial charge in [-0.05, 0) is 18.6 Å². The predicted octanol–water partition coefficient (Wildman–Crippen LogP) is 2.33. The van der Waals surface area contributed by atoms with Crippen molar-refractivity contribution in [3.05, 3.63) is 24.0 Å². The molecule has 0 amide bonds. The van der Waals surface area contributed by atoms with E-state index in [-0.39, 0.29) is 6.61 Å². The van der Waals surface area contributed by atoms with Gasteiger partial charge in [-0.15, -0.1) is 0 Å². The van der Waals surface area contributed by atoms with Crippen molar-refractivity contribution < 1.29 is 17.9 Å². The molecule has 0 N–H and O–H groups in total. The standard InChI is InChI=1S/C10H11F3N2O/c11-10(12,13)8-16-6-2-5-15-4-1-3-9(15)7-14/h1,3-4H,2,5-6,8H2. The van der Waals surface area contributed by atoms with E-state index in [1.807, 2.05) is 6.07 Å². The molecule has 0 aliphatic heterocycles. The van der Waals surface area contributed by atoms with Crippen molar-refractivity contribution in [3.8, 4) is 6.07 Å². The fourth-order valence-corrected chi connectivity index (χ4v) is 1.24. The van der Waals surface area contributed by atoms with E-state index in [1.54, 1.807) is 22.9 Å². The van der Waals surface area contributed by atoms with Gasteiger partial charge in [-0.3, -0.25) is 0 Å². The summed E-state index contributed by atoms with van der Waals surface area (Å²) in [7, 11) is 0. The number of aryl methyl sites for hydroxylation is 1. The summed E-state index contributed by atoms with van der Waals surface area (Å²) in [5, 5.41) is 8.67. The van der Waals surface area contributed by atoms with Crippen LogP contribution in [0.25, 0.3) is 0 Å². The first kappa shape index (κ1) is 12.6. The van der Waals surface area contributed by atoms with Crippen molar-refractivity contribution in [2.45, 2.75) is 19.1 Å². The lowest BCUT2D eigenvalue weighted by molar-refractivity contribution is -0.174. The van der Waals surface area contributed by atoms with Crippen LogP contribution in [-0.2, 0) is 11.3 Å². The van der Waals surface area contributed by atoms with Gasteiger partial charge in [0.15, 0.2) is 0 Å². The van der Waals surface area contributed by atoms with E-state index >= 15 is 0 Å². The molecule has 0 radical (unpaired) electrons. The second kappa shape index (κ2) is 5.56. The highest BCUT2D eigenvalue weighted by Crippen LogP contribution is 2.14. The summed E-state index contributed by atoms with van der Waals surface area (Å²) in [6, 6.07) is 5.35. The molecule has 3 nitrogen and oxygen atoms in total. The van der Waals surface area contributed by atoms with Gasteiger partial charge in [-0.1, -0.05) is 0 Å². The van der Waals surface area contributed by atoms with Gasteiger partial charge >= 0.3 is 6.18 Å². The van der Waals surface area contributed by atoms with E-state index in [9.17, 15) is 13.2 Å². The van der Waals surface area contributed by atoms with E-state index in [0.717, 1.165) is 0 Å². The quantitative estimate of drug-likeness (QED) is 0.731. The molecule has 0 bridgehead atoms. The van der Waals surface area contributed by atoms with Crippen LogP contribution in [0.5, 0.6) is 0 Å². The summed E-state index contributed by atoms with van der Waals surface area (Å²) in [6.45, 7) is -0.708. The van der Waals surface area contributed by atoms with Gasteiger partial charge in [0, 0.05) is 19.3 Å². The Balaban J connectivity index is 2.20. The minimum Gasteiger partial charge on any atom is -0.372 e. The van der Waals surface area contributed by atoms with E-state index in [0.29, 0.717) is 18.7 Å². The lowest BCUT2D eigenvalue weighted by Crippen LogP contribution is -2.17. The van der Waals surface area contributed by atoms with Crippen molar-refractivity contribution in [3.63, 3.8) is 0 Å². The van der Waals surface area contributed by atoms with Gasteiger partial charge in [-0.25, -0.2) is 0 Å². The molecule has 0 unspecified atom stereocenters. The number of nitrogens with zero attached hydrogens (tertiary/aromatic N) is 2. The first-order chi connectivity index (χ1) is 7.53. The molecule has 0 fully saturated rings. The molecule has 88 valence electrons. The topological polar surface area (TPSA) is 38.0 Å². The van der Waals surface area contributed by atoms with Crippen LogP contribution in [0.3, 0.4) is 0 Å². The second-order valence-corrected chi connectivity index (χ2v) is 3.22. The fourth-order valence-electron chi connectivity index (χ4n) is 1.24. The Labute approximate surface area is 91.0 Å². The van der Waals surface area contributed by atoms with Crippen molar-refractivity contribution >= 4 is 0 Å². The van der Waals surface area contributed by atoms with Crippen LogP contribution >= 0.6 is 0 Å². The van der Waals surface area contributed by atoms with Crippen molar-refractivity contribution in [2.24, 2.45) is 0 Å². The number of aromatic nitrogens is 1. The van der Waals surface area contributed by atoms with Gasteiger partial charge in [-0.2, -0.15) is 18.4 Å². The molecule has 0 saturated carbocycles. The first-order valence-corrected chi connectivity index (χ1v) is 4.72. The molecule has 6 heteroatoms. The van der Waals surface area contributed by atoms with Crippen LogP contribution in [0.1, 0.15) is 12.1 Å². The van der Waals surface area contributed by atoms with E-state index in [2.05, 4.69) is 4.74 Å². The highest BCUT2D eigenvalue weighted by atomic mass is 19.4. The summed E-state index contributed by atoms with van der Waals surface area (Å²) in [5.41, 5.74) is 0.496. The molecule has 0 aliphatic rings. The van der Waals surface area contributed by atoms with Crippen LogP contribution in [0.4, 0.5) is 13.2 Å². The zero-order valence-corrected chi connectivity index (χ0v) is 8.50. The maximum absolute atomic E-state index is 11.7. The van der Waals surface area contributed by atoms with Crippen molar-refractivity contribution in [1.29, 1.82) is 5.26 Å². The summed E-state index contributed by atoms with van der Waals surface area (Å²) in [6.07, 6.45) is -2.12. The molecule has 0 aromatic carbocycles. The molecule has 0 atom stereocenters. The average Bonchev–Trinajstić information content (AvgIpc) is 2.63. The van der Waals surface area contributed by atoms with Crippen LogP contribution in [0.2, 0.25) is 0 Å². The minimum absolute atomic E-state index is 0.0303. The van der Waals surface area contributed by atoms with E-state index in [4.69, 9.17) is 5.26 Å². The maximum atomic E-state index is 11.7. The third-order valence-corrected chi connectivity index (χ3v) is 1.90. The Hall–Kier alpha value is -1.48. The fraction of sp³-hybridized carbons (Fsp3) is 0.500. The predicted molar refractivity (Wildman–Crippen MR) is 50.6 cm³/mol. The van der Waals surface area contributed by atoms with E-state index < -0.39 is 12.8 Å². The van der Waals surface area contributed by atoms with Gasteiger partial charge in [0.05, 0.1) is 0 Å². The lowest BCUT2D eigenvalue weighted by Gasteiger charge is -2.08. The van der Waals surface area contributed by atoms with Crippen LogP contribution in [-0.4, -0.2) is 24.0 Å². The minimum atomic E-state index is -4.27. The number of alkyl halides is 3. The number of nitriles is 1. The molecule has 1 aromatic rings. The maximum Gasteiger partial charge on any atom is 0.411 e. The van der Waals surface area contributed by atoms with Crippen molar-refractivity contribution in [1.82, 2.24) is 4.57 Å². The third kappa shape index (κ3) is 4.36. The molecule has 0 spiro atoms. The van der Waals surface area contributed by atoms with Crippen molar-refractivity contribution in [2.75, 3.05) is 13.2 Å². The summed E-state index contributed by atoms with van der Waals surface area (Å²) in [5.74, 6) is 0. The number of hydrogen-bond donors (Lipinski definition) is 0. The number of rotatable bonds is 5. The Morgan fingerprint density at radius 1 is 1.44 bits per heavy atom. The lowest BCUT2D eigenvalue weighted by atomic mass is 10.4. The molecule has 0 saturated heterocycles. The molecular formula is C10H11F3N2O. The Kier molecular flexibility index (Phi) is 4.38. The van der Waals surface area contributed by atoms with Gasteiger partial charge in [0.2, 0.25) is 0 Å². The molecule has 1 aromatic heterocycles. The largest absolute Gasteiger partial charge is 0.411 e. The third-order valence-electron chi connectivity index (χ3n) is 1.90. The highest BCUT2D eigenvalue weighted by molar-refractivity contribution is 5.21. The first-order valence-electron chi connectivity index (χ1n) is 4.72. The number of ether oxygens (including phenoxy) is 1. The molecular weight excluding hydrogens is 221 g/mol. The molecule has 0 aliphatic carbocycles. The number of hydrogen-bond acceptors (Lipinski definition) is 2.